The van der Waals surface area contributed by atoms with Crippen molar-refractivity contribution in [1.82, 2.24) is 5.32 Å². The fourth-order valence-corrected chi connectivity index (χ4v) is 2.68. The first-order valence-electron chi connectivity index (χ1n) is 7.11. The molecule has 1 aliphatic heterocycles. The van der Waals surface area contributed by atoms with Crippen molar-refractivity contribution in [2.45, 2.75) is 0 Å². The Kier molecular flexibility index (Phi) is 4.47. The summed E-state index contributed by atoms with van der Waals surface area (Å²) in [6, 6.07) is 11.8. The average molecular weight is 375 g/mol. The van der Waals surface area contributed by atoms with Gasteiger partial charge in [-0.1, -0.05) is 22.0 Å². The molecule has 0 saturated heterocycles. The van der Waals surface area contributed by atoms with E-state index >= 15 is 0 Å². The molecule has 0 atom stereocenters. The van der Waals surface area contributed by atoms with Gasteiger partial charge in [-0.15, -0.1) is 0 Å². The SMILES string of the molecule is O=C(NC(=O)c1ccc2c(c1)NCCN2)Nc1cccc(Br)c1. The quantitative estimate of drug-likeness (QED) is 0.650. The first-order chi connectivity index (χ1) is 11.1. The number of hydrogen-bond donors (Lipinski definition) is 4. The van der Waals surface area contributed by atoms with Crippen LogP contribution in [0.2, 0.25) is 0 Å². The van der Waals surface area contributed by atoms with E-state index in [0.717, 1.165) is 28.9 Å². The molecule has 3 rings (SSSR count). The van der Waals surface area contributed by atoms with Crippen molar-refractivity contribution in [3.63, 3.8) is 0 Å². The van der Waals surface area contributed by atoms with Gasteiger partial charge in [0.1, 0.15) is 0 Å². The molecule has 118 valence electrons. The fourth-order valence-electron chi connectivity index (χ4n) is 2.28. The van der Waals surface area contributed by atoms with E-state index in [0.29, 0.717) is 11.3 Å². The van der Waals surface area contributed by atoms with Crippen LogP contribution in [-0.4, -0.2) is 25.0 Å². The van der Waals surface area contributed by atoms with E-state index in [1.165, 1.54) is 0 Å². The Morgan fingerprint density at radius 3 is 2.57 bits per heavy atom. The molecule has 0 saturated carbocycles. The van der Waals surface area contributed by atoms with Gasteiger partial charge in [0.2, 0.25) is 0 Å². The van der Waals surface area contributed by atoms with Crippen LogP contribution in [0.3, 0.4) is 0 Å². The topological polar surface area (TPSA) is 82.3 Å². The van der Waals surface area contributed by atoms with E-state index in [2.05, 4.69) is 37.2 Å². The van der Waals surface area contributed by atoms with Gasteiger partial charge in [0.05, 0.1) is 11.4 Å². The summed E-state index contributed by atoms with van der Waals surface area (Å²) in [5.41, 5.74) is 2.83. The summed E-state index contributed by atoms with van der Waals surface area (Å²) in [5, 5.41) is 11.4. The fraction of sp³-hybridized carbons (Fsp3) is 0.125. The molecular weight excluding hydrogens is 360 g/mol. The van der Waals surface area contributed by atoms with Gasteiger partial charge in [-0.2, -0.15) is 0 Å². The zero-order chi connectivity index (χ0) is 16.2. The van der Waals surface area contributed by atoms with Crippen LogP contribution in [-0.2, 0) is 0 Å². The number of halogens is 1. The lowest BCUT2D eigenvalue weighted by Gasteiger charge is -2.20. The summed E-state index contributed by atoms with van der Waals surface area (Å²) in [6.45, 7) is 1.63. The van der Waals surface area contributed by atoms with Crippen molar-refractivity contribution in [1.29, 1.82) is 0 Å². The number of amides is 3. The number of benzene rings is 2. The predicted molar refractivity (Wildman–Crippen MR) is 94.0 cm³/mol. The standard InChI is InChI=1S/C16H15BrN4O2/c17-11-2-1-3-12(9-11)20-16(23)21-15(22)10-4-5-13-14(8-10)19-7-6-18-13/h1-5,8-9,18-19H,6-7H2,(H2,20,21,22,23). The third kappa shape index (κ3) is 3.81. The molecule has 4 N–H and O–H groups in total. The Balaban J connectivity index is 1.65. The van der Waals surface area contributed by atoms with Crippen LogP contribution in [0.4, 0.5) is 21.9 Å². The van der Waals surface area contributed by atoms with Crippen LogP contribution in [0.1, 0.15) is 10.4 Å². The van der Waals surface area contributed by atoms with Crippen LogP contribution in [0.5, 0.6) is 0 Å². The Hall–Kier alpha value is -2.54. The monoisotopic (exact) mass is 374 g/mol. The number of imide groups is 1. The van der Waals surface area contributed by atoms with Gasteiger partial charge in [-0.05, 0) is 36.4 Å². The third-order valence-electron chi connectivity index (χ3n) is 3.35. The van der Waals surface area contributed by atoms with E-state index in [-0.39, 0.29) is 0 Å². The second kappa shape index (κ2) is 6.70. The molecule has 2 aromatic rings. The largest absolute Gasteiger partial charge is 0.382 e. The van der Waals surface area contributed by atoms with Gasteiger partial charge in [-0.3, -0.25) is 10.1 Å². The van der Waals surface area contributed by atoms with Crippen LogP contribution < -0.4 is 21.3 Å². The van der Waals surface area contributed by atoms with E-state index in [1.807, 2.05) is 12.1 Å². The molecule has 0 radical (unpaired) electrons. The van der Waals surface area contributed by atoms with Crippen molar-refractivity contribution in [3.8, 4) is 0 Å². The molecule has 0 fully saturated rings. The Bertz CT molecular complexity index is 763. The van der Waals surface area contributed by atoms with Crippen LogP contribution in [0.15, 0.2) is 46.9 Å². The van der Waals surface area contributed by atoms with Gasteiger partial charge >= 0.3 is 6.03 Å². The van der Waals surface area contributed by atoms with Gasteiger partial charge in [0.25, 0.3) is 5.91 Å². The van der Waals surface area contributed by atoms with E-state index in [4.69, 9.17) is 0 Å². The highest BCUT2D eigenvalue weighted by atomic mass is 79.9. The van der Waals surface area contributed by atoms with Crippen molar-refractivity contribution < 1.29 is 9.59 Å². The minimum atomic E-state index is -0.572. The second-order valence-electron chi connectivity index (χ2n) is 5.03. The molecular formula is C16H15BrN4O2. The van der Waals surface area contributed by atoms with Gasteiger partial charge in [0, 0.05) is 28.8 Å². The van der Waals surface area contributed by atoms with Gasteiger partial charge in [0.15, 0.2) is 0 Å². The summed E-state index contributed by atoms with van der Waals surface area (Å²) in [6.07, 6.45) is 0. The Morgan fingerprint density at radius 2 is 1.78 bits per heavy atom. The van der Waals surface area contributed by atoms with Crippen molar-refractivity contribution in [3.05, 3.63) is 52.5 Å². The van der Waals surface area contributed by atoms with Crippen LogP contribution >= 0.6 is 15.9 Å². The molecule has 1 heterocycles. The maximum absolute atomic E-state index is 12.2. The molecule has 0 bridgehead atoms. The Labute approximate surface area is 141 Å². The zero-order valence-corrected chi connectivity index (χ0v) is 13.7. The first kappa shape index (κ1) is 15.4. The molecule has 1 aliphatic rings. The average Bonchev–Trinajstić information content (AvgIpc) is 2.54. The molecule has 0 unspecified atom stereocenters. The van der Waals surface area contributed by atoms with Crippen LogP contribution in [0.25, 0.3) is 0 Å². The van der Waals surface area contributed by atoms with Crippen molar-refractivity contribution in [2.24, 2.45) is 0 Å². The zero-order valence-electron chi connectivity index (χ0n) is 12.2. The molecule has 0 spiro atoms. The maximum Gasteiger partial charge on any atom is 0.326 e. The lowest BCUT2D eigenvalue weighted by molar-refractivity contribution is 0.0967. The summed E-state index contributed by atoms with van der Waals surface area (Å²) in [5.74, 6) is -0.451. The molecule has 23 heavy (non-hydrogen) atoms. The van der Waals surface area contributed by atoms with Gasteiger partial charge < -0.3 is 16.0 Å². The Morgan fingerprint density at radius 1 is 1.00 bits per heavy atom. The minimum Gasteiger partial charge on any atom is -0.382 e. The smallest absolute Gasteiger partial charge is 0.326 e. The molecule has 7 heteroatoms. The van der Waals surface area contributed by atoms with E-state index < -0.39 is 11.9 Å². The molecule has 0 aliphatic carbocycles. The number of carbonyl (C=O) groups excluding carboxylic acids is 2. The first-order valence-corrected chi connectivity index (χ1v) is 7.91. The molecule has 0 aromatic heterocycles. The summed E-state index contributed by atoms with van der Waals surface area (Å²) < 4.78 is 0.842. The highest BCUT2D eigenvalue weighted by Crippen LogP contribution is 2.25. The predicted octanol–water partition coefficient (Wildman–Crippen LogP) is 3.25. The second-order valence-corrected chi connectivity index (χ2v) is 5.95. The summed E-state index contributed by atoms with van der Waals surface area (Å²) in [4.78, 5) is 24.1. The summed E-state index contributed by atoms with van der Waals surface area (Å²) >= 11 is 3.32. The van der Waals surface area contributed by atoms with E-state index in [9.17, 15) is 9.59 Å². The van der Waals surface area contributed by atoms with Crippen molar-refractivity contribution >= 4 is 44.9 Å². The highest BCUT2D eigenvalue weighted by molar-refractivity contribution is 9.10. The van der Waals surface area contributed by atoms with Gasteiger partial charge in [-0.25, -0.2) is 4.79 Å². The number of anilines is 3. The number of carbonyl (C=O) groups is 2. The number of rotatable bonds is 2. The lowest BCUT2D eigenvalue weighted by atomic mass is 10.1. The molecule has 2 aromatic carbocycles. The molecule has 3 amide bonds. The molecule has 6 nitrogen and oxygen atoms in total. The highest BCUT2D eigenvalue weighted by Gasteiger charge is 2.14. The number of nitrogens with one attached hydrogen (secondary N) is 4. The normalized spacial score (nSPS) is 12.4. The van der Waals surface area contributed by atoms with E-state index in [1.54, 1.807) is 30.3 Å². The maximum atomic E-state index is 12.2. The number of fused-ring (bicyclic) bond motifs is 1. The lowest BCUT2D eigenvalue weighted by Crippen LogP contribution is -2.34. The van der Waals surface area contributed by atoms with Crippen molar-refractivity contribution in [2.75, 3.05) is 29.0 Å². The number of hydrogen-bond acceptors (Lipinski definition) is 4. The summed E-state index contributed by atoms with van der Waals surface area (Å²) in [7, 11) is 0. The third-order valence-corrected chi connectivity index (χ3v) is 3.84. The minimum absolute atomic E-state index is 0.421. The number of urea groups is 1. The van der Waals surface area contributed by atoms with Crippen LogP contribution in [0, 0.1) is 0 Å².